The summed E-state index contributed by atoms with van der Waals surface area (Å²) in [5.41, 5.74) is 4.59. The van der Waals surface area contributed by atoms with Gasteiger partial charge in [-0.2, -0.15) is 0 Å². The molecule has 1 aliphatic rings. The molecule has 2 aromatic rings. The van der Waals surface area contributed by atoms with Gasteiger partial charge in [-0.1, -0.05) is 82.1 Å². The molecular formula is C28H36N2O5. The van der Waals surface area contributed by atoms with Gasteiger partial charge in [-0.3, -0.25) is 9.59 Å². The summed E-state index contributed by atoms with van der Waals surface area (Å²) in [4.78, 5) is 36.5. The maximum Gasteiger partial charge on any atom is 0.407 e. The van der Waals surface area contributed by atoms with Crippen LogP contribution >= 0.6 is 0 Å². The molecule has 2 amide bonds. The SMILES string of the molecule is CCCC[C@H](CC(=O)O)NC(=O)C[C@@H](NC(=O)OCC1c2ccccc2-c2ccccc21)C(C)C. The number of carboxylic acid groups (broad SMARTS) is 1. The van der Waals surface area contributed by atoms with Crippen LogP contribution in [-0.2, 0) is 14.3 Å². The van der Waals surface area contributed by atoms with Crippen molar-refractivity contribution in [3.8, 4) is 11.1 Å². The van der Waals surface area contributed by atoms with Gasteiger partial charge in [-0.05, 0) is 34.6 Å². The van der Waals surface area contributed by atoms with Crippen molar-refractivity contribution < 1.29 is 24.2 Å². The molecule has 0 aliphatic heterocycles. The van der Waals surface area contributed by atoms with Gasteiger partial charge in [0, 0.05) is 24.4 Å². The van der Waals surface area contributed by atoms with Crippen molar-refractivity contribution in [2.75, 3.05) is 6.61 Å². The number of carboxylic acids is 1. The van der Waals surface area contributed by atoms with Crippen LogP contribution < -0.4 is 10.6 Å². The molecule has 0 heterocycles. The third-order valence-electron chi connectivity index (χ3n) is 6.55. The zero-order valence-corrected chi connectivity index (χ0v) is 20.8. The van der Waals surface area contributed by atoms with Crippen LogP contribution in [-0.4, -0.2) is 41.8 Å². The molecule has 0 saturated heterocycles. The largest absolute Gasteiger partial charge is 0.481 e. The molecule has 3 rings (SSSR count). The Morgan fingerprint density at radius 3 is 2.09 bits per heavy atom. The lowest BCUT2D eigenvalue weighted by atomic mass is 9.98. The van der Waals surface area contributed by atoms with E-state index in [4.69, 9.17) is 9.84 Å². The van der Waals surface area contributed by atoms with Crippen LogP contribution in [0.2, 0.25) is 0 Å². The predicted molar refractivity (Wildman–Crippen MR) is 135 cm³/mol. The van der Waals surface area contributed by atoms with Crippen molar-refractivity contribution >= 4 is 18.0 Å². The fraction of sp³-hybridized carbons (Fsp3) is 0.464. The molecule has 2 atom stereocenters. The Bertz CT molecular complexity index is 990. The number of benzene rings is 2. The fourth-order valence-electron chi connectivity index (χ4n) is 4.62. The zero-order chi connectivity index (χ0) is 25.4. The molecule has 7 heteroatoms. The smallest absolute Gasteiger partial charge is 0.407 e. The van der Waals surface area contributed by atoms with E-state index in [2.05, 4.69) is 34.9 Å². The number of carbonyl (C=O) groups excluding carboxylic acids is 2. The van der Waals surface area contributed by atoms with Crippen molar-refractivity contribution in [1.82, 2.24) is 10.6 Å². The lowest BCUT2D eigenvalue weighted by Crippen LogP contribution is -2.45. The monoisotopic (exact) mass is 480 g/mol. The van der Waals surface area contributed by atoms with E-state index >= 15 is 0 Å². The van der Waals surface area contributed by atoms with E-state index in [-0.39, 0.29) is 37.2 Å². The van der Waals surface area contributed by atoms with Crippen molar-refractivity contribution in [1.29, 1.82) is 0 Å². The molecule has 2 aromatic carbocycles. The van der Waals surface area contributed by atoms with Gasteiger partial charge in [0.1, 0.15) is 6.61 Å². The Kier molecular flexibility index (Phi) is 9.29. The first-order valence-corrected chi connectivity index (χ1v) is 12.4. The van der Waals surface area contributed by atoms with Gasteiger partial charge in [-0.25, -0.2) is 4.79 Å². The van der Waals surface area contributed by atoms with E-state index < -0.39 is 24.1 Å². The maximum absolute atomic E-state index is 12.7. The van der Waals surface area contributed by atoms with Gasteiger partial charge in [0.25, 0.3) is 0 Å². The van der Waals surface area contributed by atoms with Crippen LogP contribution in [0.15, 0.2) is 48.5 Å². The van der Waals surface area contributed by atoms with Gasteiger partial charge < -0.3 is 20.5 Å². The fourth-order valence-corrected chi connectivity index (χ4v) is 4.62. The second-order valence-corrected chi connectivity index (χ2v) is 9.53. The van der Waals surface area contributed by atoms with Crippen molar-refractivity contribution in [3.05, 3.63) is 59.7 Å². The molecule has 0 fully saturated rings. The van der Waals surface area contributed by atoms with Gasteiger partial charge in [0.2, 0.25) is 5.91 Å². The number of rotatable bonds is 12. The van der Waals surface area contributed by atoms with Crippen molar-refractivity contribution in [2.45, 2.75) is 70.9 Å². The molecule has 0 radical (unpaired) electrons. The van der Waals surface area contributed by atoms with Crippen LogP contribution in [0.5, 0.6) is 0 Å². The van der Waals surface area contributed by atoms with Gasteiger partial charge >= 0.3 is 12.1 Å². The first-order chi connectivity index (χ1) is 16.8. The highest BCUT2D eigenvalue weighted by atomic mass is 16.5. The molecule has 0 saturated carbocycles. The number of alkyl carbamates (subject to hydrolysis) is 1. The normalized spacial score (nSPS) is 14.1. The number of amides is 2. The van der Waals surface area contributed by atoms with E-state index in [1.165, 1.54) is 0 Å². The summed E-state index contributed by atoms with van der Waals surface area (Å²) in [5, 5.41) is 14.8. The summed E-state index contributed by atoms with van der Waals surface area (Å²) in [6.07, 6.45) is 1.75. The Morgan fingerprint density at radius 1 is 0.943 bits per heavy atom. The number of unbranched alkanes of at least 4 members (excludes halogenated alkanes) is 1. The topological polar surface area (TPSA) is 105 Å². The first kappa shape index (κ1) is 26.3. The lowest BCUT2D eigenvalue weighted by molar-refractivity contribution is -0.137. The molecule has 0 spiro atoms. The lowest BCUT2D eigenvalue weighted by Gasteiger charge is -2.24. The second kappa shape index (κ2) is 12.4. The average molecular weight is 481 g/mol. The number of hydrogen-bond acceptors (Lipinski definition) is 4. The van der Waals surface area contributed by atoms with Crippen molar-refractivity contribution in [3.63, 3.8) is 0 Å². The van der Waals surface area contributed by atoms with E-state index in [9.17, 15) is 14.4 Å². The number of nitrogens with one attached hydrogen (secondary N) is 2. The number of fused-ring (bicyclic) bond motifs is 3. The predicted octanol–water partition coefficient (Wildman–Crippen LogP) is 5.09. The van der Waals surface area contributed by atoms with Crippen LogP contribution in [0.4, 0.5) is 4.79 Å². The standard InChI is InChI=1S/C28H36N2O5/c1-4-5-10-19(15-27(32)33)29-26(31)16-25(18(2)3)30-28(34)35-17-24-22-13-8-6-11-20(22)21-12-7-9-14-23(21)24/h6-9,11-14,18-19,24-25H,4-5,10,15-17H2,1-3H3,(H,29,31)(H,30,34)(H,32,33)/t19-,25-/m1/s1. The zero-order valence-electron chi connectivity index (χ0n) is 20.8. The molecule has 35 heavy (non-hydrogen) atoms. The van der Waals surface area contributed by atoms with Crippen molar-refractivity contribution in [2.24, 2.45) is 5.92 Å². The highest BCUT2D eigenvalue weighted by molar-refractivity contribution is 5.80. The number of carbonyl (C=O) groups is 3. The van der Waals surface area contributed by atoms with Gasteiger partial charge in [-0.15, -0.1) is 0 Å². The van der Waals surface area contributed by atoms with Gasteiger partial charge in [0.15, 0.2) is 0 Å². The molecule has 3 N–H and O–H groups in total. The molecule has 7 nitrogen and oxygen atoms in total. The van der Waals surface area contributed by atoms with Gasteiger partial charge in [0.05, 0.1) is 6.42 Å². The molecule has 1 aliphatic carbocycles. The second-order valence-electron chi connectivity index (χ2n) is 9.53. The molecule has 188 valence electrons. The summed E-state index contributed by atoms with van der Waals surface area (Å²) >= 11 is 0. The van der Waals surface area contributed by atoms with E-state index in [0.717, 1.165) is 35.1 Å². The Hall–Kier alpha value is -3.35. The van der Waals surface area contributed by atoms with Crippen LogP contribution in [0.25, 0.3) is 11.1 Å². The third kappa shape index (κ3) is 7.07. The quantitative estimate of drug-likeness (QED) is 0.392. The first-order valence-electron chi connectivity index (χ1n) is 12.4. The molecule has 0 bridgehead atoms. The minimum Gasteiger partial charge on any atom is -0.481 e. The third-order valence-corrected chi connectivity index (χ3v) is 6.55. The minimum atomic E-state index is -0.941. The summed E-state index contributed by atoms with van der Waals surface area (Å²) in [6.45, 7) is 6.07. The van der Waals surface area contributed by atoms with E-state index in [1.807, 2.05) is 45.0 Å². The number of aliphatic carboxylic acids is 1. The molecule has 0 unspecified atom stereocenters. The summed E-state index contributed by atoms with van der Waals surface area (Å²) < 4.78 is 5.63. The Morgan fingerprint density at radius 2 is 1.54 bits per heavy atom. The van der Waals surface area contributed by atoms with E-state index in [1.54, 1.807) is 0 Å². The Balaban J connectivity index is 1.57. The maximum atomic E-state index is 12.7. The summed E-state index contributed by atoms with van der Waals surface area (Å²) in [6, 6.07) is 15.4. The highest BCUT2D eigenvalue weighted by Gasteiger charge is 2.30. The van der Waals surface area contributed by atoms with Crippen LogP contribution in [0.1, 0.15) is 69.9 Å². The highest BCUT2D eigenvalue weighted by Crippen LogP contribution is 2.44. The number of ether oxygens (including phenoxy) is 1. The summed E-state index contributed by atoms with van der Waals surface area (Å²) in [7, 11) is 0. The molecule has 0 aromatic heterocycles. The van der Waals surface area contributed by atoms with Crippen LogP contribution in [0.3, 0.4) is 0 Å². The summed E-state index contributed by atoms with van der Waals surface area (Å²) in [5.74, 6) is -1.26. The van der Waals surface area contributed by atoms with E-state index in [0.29, 0.717) is 6.42 Å². The Labute approximate surface area is 207 Å². The van der Waals surface area contributed by atoms with Crippen LogP contribution in [0, 0.1) is 5.92 Å². The average Bonchev–Trinajstić information content (AvgIpc) is 3.14. The minimum absolute atomic E-state index is 0.00482. The molecular weight excluding hydrogens is 444 g/mol. The number of hydrogen-bond donors (Lipinski definition) is 3.